The maximum absolute atomic E-state index is 12.5. The van der Waals surface area contributed by atoms with Crippen molar-refractivity contribution in [2.45, 2.75) is 45.1 Å². The fraction of sp³-hybridized carbons (Fsp3) is 0.350. The molecule has 6 nitrogen and oxygen atoms in total. The summed E-state index contributed by atoms with van der Waals surface area (Å²) in [4.78, 5) is 12.6. The Balaban J connectivity index is 2.27. The Morgan fingerprint density at radius 1 is 1.11 bits per heavy atom. The Kier molecular flexibility index (Phi) is 6.62. The van der Waals surface area contributed by atoms with Crippen LogP contribution >= 0.6 is 0 Å². The van der Waals surface area contributed by atoms with E-state index in [1.54, 1.807) is 13.8 Å². The van der Waals surface area contributed by atoms with Crippen LogP contribution in [0.2, 0.25) is 0 Å². The predicted molar refractivity (Wildman–Crippen MR) is 107 cm³/mol. The molecule has 146 valence electrons. The predicted octanol–water partition coefficient (Wildman–Crippen LogP) is 3.18. The molecule has 7 heteroatoms. The summed E-state index contributed by atoms with van der Waals surface area (Å²) in [7, 11) is -2.20. The zero-order chi connectivity index (χ0) is 20.2. The number of sulfonamides is 1. The summed E-state index contributed by atoms with van der Waals surface area (Å²) < 4.78 is 32.6. The molecule has 1 amide bonds. The lowest BCUT2D eigenvalue weighted by Gasteiger charge is -2.14. The van der Waals surface area contributed by atoms with Crippen molar-refractivity contribution in [2.24, 2.45) is 0 Å². The summed E-state index contributed by atoms with van der Waals surface area (Å²) in [6.45, 7) is 7.41. The van der Waals surface area contributed by atoms with Crippen LogP contribution in [0.1, 0.15) is 30.5 Å². The van der Waals surface area contributed by atoms with Crippen molar-refractivity contribution in [3.63, 3.8) is 0 Å². The number of methoxy groups -OCH3 is 1. The van der Waals surface area contributed by atoms with Gasteiger partial charge >= 0.3 is 0 Å². The smallest absolute Gasteiger partial charge is 0.240 e. The summed E-state index contributed by atoms with van der Waals surface area (Å²) in [5, 5.41) is 2.77. The van der Waals surface area contributed by atoms with Crippen molar-refractivity contribution >= 4 is 21.6 Å². The SMILES string of the molecule is COc1ccc(S(=O)(=O)NC(C)C)cc1NC(=O)Cc1cc(C)ccc1C. The Morgan fingerprint density at radius 3 is 2.44 bits per heavy atom. The largest absolute Gasteiger partial charge is 0.495 e. The Bertz CT molecular complexity index is 937. The monoisotopic (exact) mass is 390 g/mol. The minimum Gasteiger partial charge on any atom is -0.495 e. The molecular formula is C20H26N2O4S. The molecule has 0 aromatic heterocycles. The third-order valence-corrected chi connectivity index (χ3v) is 5.66. The van der Waals surface area contributed by atoms with Crippen molar-refractivity contribution in [2.75, 3.05) is 12.4 Å². The van der Waals surface area contributed by atoms with Crippen molar-refractivity contribution in [3.05, 3.63) is 53.1 Å². The third kappa shape index (κ3) is 5.55. The molecule has 2 N–H and O–H groups in total. The number of ether oxygens (including phenoxy) is 1. The van der Waals surface area contributed by atoms with Crippen LogP contribution in [0, 0.1) is 13.8 Å². The van der Waals surface area contributed by atoms with E-state index in [9.17, 15) is 13.2 Å². The van der Waals surface area contributed by atoms with Crippen LogP contribution in [0.3, 0.4) is 0 Å². The molecule has 2 rings (SSSR count). The molecule has 2 aromatic rings. The van der Waals surface area contributed by atoms with Gasteiger partial charge < -0.3 is 10.1 Å². The molecule has 0 heterocycles. The molecule has 0 saturated heterocycles. The second kappa shape index (κ2) is 8.54. The molecule has 0 saturated carbocycles. The number of aryl methyl sites for hydroxylation is 2. The molecule has 27 heavy (non-hydrogen) atoms. The highest BCUT2D eigenvalue weighted by Crippen LogP contribution is 2.28. The highest BCUT2D eigenvalue weighted by molar-refractivity contribution is 7.89. The van der Waals surface area contributed by atoms with Crippen LogP contribution in [-0.4, -0.2) is 27.5 Å². The Hall–Kier alpha value is -2.38. The van der Waals surface area contributed by atoms with Crippen molar-refractivity contribution < 1.29 is 17.9 Å². The van der Waals surface area contributed by atoms with E-state index in [1.165, 1.54) is 25.3 Å². The summed E-state index contributed by atoms with van der Waals surface area (Å²) >= 11 is 0. The van der Waals surface area contributed by atoms with Crippen molar-refractivity contribution in [1.82, 2.24) is 4.72 Å². The highest BCUT2D eigenvalue weighted by atomic mass is 32.2. The van der Waals surface area contributed by atoms with Gasteiger partial charge in [-0.15, -0.1) is 0 Å². The number of benzene rings is 2. The summed E-state index contributed by atoms with van der Waals surface area (Å²) in [5.41, 5.74) is 3.35. The zero-order valence-electron chi connectivity index (χ0n) is 16.3. The number of carbonyl (C=O) groups excluding carboxylic acids is 1. The van der Waals surface area contributed by atoms with E-state index >= 15 is 0 Å². The number of hydrogen-bond acceptors (Lipinski definition) is 4. The van der Waals surface area contributed by atoms with E-state index in [0.717, 1.165) is 16.7 Å². The van der Waals surface area contributed by atoms with E-state index in [0.29, 0.717) is 11.4 Å². The molecule has 0 aliphatic carbocycles. The summed E-state index contributed by atoms with van der Waals surface area (Å²) in [5.74, 6) is 0.154. The van der Waals surface area contributed by atoms with Crippen LogP contribution in [-0.2, 0) is 21.2 Å². The van der Waals surface area contributed by atoms with Crippen LogP contribution in [0.25, 0.3) is 0 Å². The van der Waals surface area contributed by atoms with Crippen LogP contribution in [0.15, 0.2) is 41.3 Å². The van der Waals surface area contributed by atoms with Gasteiger partial charge in [0.25, 0.3) is 0 Å². The summed E-state index contributed by atoms with van der Waals surface area (Å²) in [6.07, 6.45) is 0.192. The van der Waals surface area contributed by atoms with Crippen molar-refractivity contribution in [3.8, 4) is 5.75 Å². The minimum atomic E-state index is -3.67. The molecule has 0 unspecified atom stereocenters. The fourth-order valence-corrected chi connectivity index (χ4v) is 3.97. The number of rotatable bonds is 7. The van der Waals surface area contributed by atoms with E-state index < -0.39 is 10.0 Å². The molecule has 0 aliphatic heterocycles. The van der Waals surface area contributed by atoms with Gasteiger partial charge in [-0.3, -0.25) is 4.79 Å². The Labute approximate surface area is 161 Å². The maximum atomic E-state index is 12.5. The lowest BCUT2D eigenvalue weighted by atomic mass is 10.0. The minimum absolute atomic E-state index is 0.0686. The van der Waals surface area contributed by atoms with Crippen LogP contribution < -0.4 is 14.8 Å². The van der Waals surface area contributed by atoms with E-state index in [2.05, 4.69) is 10.0 Å². The third-order valence-electron chi connectivity index (χ3n) is 4.00. The van der Waals surface area contributed by atoms with E-state index in [-0.39, 0.29) is 23.3 Å². The molecule has 2 aromatic carbocycles. The second-order valence-corrected chi connectivity index (χ2v) is 8.51. The number of amides is 1. The first kappa shape index (κ1) is 20.9. The first-order valence-electron chi connectivity index (χ1n) is 8.68. The standard InChI is InChI=1S/C20H26N2O4S/c1-13(2)22-27(24,25)17-8-9-19(26-5)18(12-17)21-20(23)11-16-10-14(3)6-7-15(16)4/h6-10,12-13,22H,11H2,1-5H3,(H,21,23). The van der Waals surface area contributed by atoms with Gasteiger partial charge in [0, 0.05) is 6.04 Å². The first-order valence-corrected chi connectivity index (χ1v) is 10.2. The van der Waals surface area contributed by atoms with Gasteiger partial charge in [0.05, 0.1) is 24.1 Å². The lowest BCUT2D eigenvalue weighted by molar-refractivity contribution is -0.115. The van der Waals surface area contributed by atoms with Crippen LogP contribution in [0.5, 0.6) is 5.75 Å². The molecule has 0 aliphatic rings. The zero-order valence-corrected chi connectivity index (χ0v) is 17.1. The molecule has 0 spiro atoms. The van der Waals surface area contributed by atoms with E-state index in [1.807, 2.05) is 32.0 Å². The average molecular weight is 391 g/mol. The number of anilines is 1. The van der Waals surface area contributed by atoms with Gasteiger partial charge in [0.1, 0.15) is 5.75 Å². The van der Waals surface area contributed by atoms with Gasteiger partial charge in [-0.1, -0.05) is 23.8 Å². The fourth-order valence-electron chi connectivity index (χ4n) is 2.69. The summed E-state index contributed by atoms with van der Waals surface area (Å²) in [6, 6.07) is 10.1. The maximum Gasteiger partial charge on any atom is 0.240 e. The lowest BCUT2D eigenvalue weighted by Crippen LogP contribution is -2.30. The second-order valence-electron chi connectivity index (χ2n) is 6.79. The number of carbonyl (C=O) groups is 1. The Morgan fingerprint density at radius 2 is 1.81 bits per heavy atom. The van der Waals surface area contributed by atoms with E-state index in [4.69, 9.17) is 4.74 Å². The topological polar surface area (TPSA) is 84.5 Å². The average Bonchev–Trinajstić information content (AvgIpc) is 2.57. The molecule has 0 atom stereocenters. The van der Waals surface area contributed by atoms with Gasteiger partial charge in [0.15, 0.2) is 0 Å². The van der Waals surface area contributed by atoms with Crippen LogP contribution in [0.4, 0.5) is 5.69 Å². The highest BCUT2D eigenvalue weighted by Gasteiger charge is 2.18. The molecule has 0 fully saturated rings. The van der Waals surface area contributed by atoms with Crippen molar-refractivity contribution in [1.29, 1.82) is 0 Å². The van der Waals surface area contributed by atoms with Gasteiger partial charge in [-0.2, -0.15) is 0 Å². The molecule has 0 bridgehead atoms. The molecular weight excluding hydrogens is 364 g/mol. The molecule has 0 radical (unpaired) electrons. The number of nitrogens with one attached hydrogen (secondary N) is 2. The van der Waals surface area contributed by atoms with Gasteiger partial charge in [-0.25, -0.2) is 13.1 Å². The number of hydrogen-bond donors (Lipinski definition) is 2. The quantitative estimate of drug-likeness (QED) is 0.760. The normalized spacial score (nSPS) is 11.5. The van der Waals surface area contributed by atoms with Gasteiger partial charge in [0.2, 0.25) is 15.9 Å². The van der Waals surface area contributed by atoms with Gasteiger partial charge in [-0.05, 0) is 57.0 Å². The first-order chi connectivity index (χ1) is 12.6.